The second-order valence-electron chi connectivity index (χ2n) is 3.91. The zero-order chi connectivity index (χ0) is 10.3. The van der Waals surface area contributed by atoms with Crippen molar-refractivity contribution < 1.29 is 13.2 Å². The molecule has 0 amide bonds. The Morgan fingerprint density at radius 2 is 1.77 bits per heavy atom. The summed E-state index contributed by atoms with van der Waals surface area (Å²) in [6, 6.07) is 0. The maximum atomic E-state index is 12.4. The minimum atomic E-state index is -4.32. The summed E-state index contributed by atoms with van der Waals surface area (Å²) < 4.78 is 37.1. The van der Waals surface area contributed by atoms with Crippen molar-refractivity contribution in [3.05, 3.63) is 17.5 Å². The molecule has 0 aliphatic carbocycles. The maximum absolute atomic E-state index is 12.4. The molecule has 0 spiro atoms. The van der Waals surface area contributed by atoms with Gasteiger partial charge in [-0.05, 0) is 0 Å². The first-order valence-electron chi connectivity index (χ1n) is 3.84. The van der Waals surface area contributed by atoms with Crippen molar-refractivity contribution in [1.82, 2.24) is 10.2 Å². The monoisotopic (exact) mass is 192 g/mol. The SMILES string of the molecule is CC(C)(C)c1[nH]ncc1C(F)(F)F. The van der Waals surface area contributed by atoms with E-state index in [0.717, 1.165) is 6.20 Å². The van der Waals surface area contributed by atoms with Crippen LogP contribution in [0.15, 0.2) is 6.20 Å². The number of H-pyrrole nitrogens is 1. The van der Waals surface area contributed by atoms with Gasteiger partial charge in [0.25, 0.3) is 0 Å². The van der Waals surface area contributed by atoms with Crippen LogP contribution in [0.2, 0.25) is 0 Å². The number of aromatic nitrogens is 2. The molecule has 0 aromatic carbocycles. The number of alkyl halides is 3. The lowest BCUT2D eigenvalue weighted by Gasteiger charge is -2.19. The molecule has 1 rings (SSSR count). The van der Waals surface area contributed by atoms with Gasteiger partial charge in [0.05, 0.1) is 17.5 Å². The Labute approximate surface area is 74.1 Å². The molecule has 2 nitrogen and oxygen atoms in total. The zero-order valence-electron chi connectivity index (χ0n) is 7.66. The van der Waals surface area contributed by atoms with E-state index in [1.165, 1.54) is 0 Å². The number of halogens is 3. The van der Waals surface area contributed by atoms with Crippen LogP contribution in [0.1, 0.15) is 32.0 Å². The number of aromatic amines is 1. The van der Waals surface area contributed by atoms with Crippen molar-refractivity contribution in [2.75, 3.05) is 0 Å². The molecule has 0 radical (unpaired) electrons. The maximum Gasteiger partial charge on any atom is 0.419 e. The van der Waals surface area contributed by atoms with Crippen molar-refractivity contribution in [2.45, 2.75) is 32.4 Å². The lowest BCUT2D eigenvalue weighted by Crippen LogP contribution is -2.18. The van der Waals surface area contributed by atoms with Crippen LogP contribution in [0, 0.1) is 0 Å². The van der Waals surface area contributed by atoms with E-state index in [1.807, 2.05) is 0 Å². The smallest absolute Gasteiger partial charge is 0.281 e. The van der Waals surface area contributed by atoms with Gasteiger partial charge >= 0.3 is 6.18 Å². The van der Waals surface area contributed by atoms with Crippen LogP contribution in [0.25, 0.3) is 0 Å². The highest BCUT2D eigenvalue weighted by Crippen LogP contribution is 2.35. The van der Waals surface area contributed by atoms with Crippen LogP contribution in [-0.4, -0.2) is 10.2 Å². The summed E-state index contributed by atoms with van der Waals surface area (Å²) in [4.78, 5) is 0. The summed E-state index contributed by atoms with van der Waals surface area (Å²) in [7, 11) is 0. The minimum absolute atomic E-state index is 0.125. The van der Waals surface area contributed by atoms with Crippen molar-refractivity contribution >= 4 is 0 Å². The largest absolute Gasteiger partial charge is 0.419 e. The van der Waals surface area contributed by atoms with E-state index in [9.17, 15) is 13.2 Å². The van der Waals surface area contributed by atoms with Gasteiger partial charge in [0.2, 0.25) is 0 Å². The topological polar surface area (TPSA) is 28.7 Å². The lowest BCUT2D eigenvalue weighted by atomic mass is 9.89. The molecular weight excluding hydrogens is 181 g/mol. The van der Waals surface area contributed by atoms with Gasteiger partial charge < -0.3 is 0 Å². The van der Waals surface area contributed by atoms with Gasteiger partial charge in [-0.2, -0.15) is 18.3 Å². The van der Waals surface area contributed by atoms with E-state index < -0.39 is 17.2 Å². The number of hydrogen-bond donors (Lipinski definition) is 1. The third kappa shape index (κ3) is 2.02. The second kappa shape index (κ2) is 2.75. The Morgan fingerprint density at radius 1 is 1.23 bits per heavy atom. The fraction of sp³-hybridized carbons (Fsp3) is 0.625. The first-order chi connectivity index (χ1) is 5.73. The zero-order valence-corrected chi connectivity index (χ0v) is 7.66. The highest BCUT2D eigenvalue weighted by molar-refractivity contribution is 5.25. The molecule has 0 saturated heterocycles. The molecule has 1 aromatic heterocycles. The summed E-state index contributed by atoms with van der Waals surface area (Å²) in [5, 5.41) is 5.79. The Morgan fingerprint density at radius 3 is 2.08 bits per heavy atom. The Kier molecular flexibility index (Phi) is 2.13. The standard InChI is InChI=1S/C8H11F3N2/c1-7(2,3)6-5(4-12-13-6)8(9,10)11/h4H,1-3H3,(H,12,13). The van der Waals surface area contributed by atoms with Gasteiger partial charge in [-0.25, -0.2) is 0 Å². The van der Waals surface area contributed by atoms with Gasteiger partial charge in [0.1, 0.15) is 0 Å². The summed E-state index contributed by atoms with van der Waals surface area (Å²) in [6.07, 6.45) is -3.50. The third-order valence-electron chi connectivity index (χ3n) is 1.69. The van der Waals surface area contributed by atoms with Crippen molar-refractivity contribution in [1.29, 1.82) is 0 Å². The summed E-state index contributed by atoms with van der Waals surface area (Å²) in [6.45, 7) is 5.11. The summed E-state index contributed by atoms with van der Waals surface area (Å²) in [5.41, 5.74) is -1.12. The van der Waals surface area contributed by atoms with E-state index in [-0.39, 0.29) is 5.69 Å². The van der Waals surface area contributed by atoms with Gasteiger partial charge in [-0.15, -0.1) is 0 Å². The normalized spacial score (nSPS) is 13.4. The quantitative estimate of drug-likeness (QED) is 0.672. The number of rotatable bonds is 0. The molecule has 5 heteroatoms. The highest BCUT2D eigenvalue weighted by Gasteiger charge is 2.38. The average molecular weight is 192 g/mol. The number of hydrogen-bond acceptors (Lipinski definition) is 1. The summed E-state index contributed by atoms with van der Waals surface area (Å²) in [5.74, 6) is 0. The number of nitrogens with zero attached hydrogens (tertiary/aromatic N) is 1. The van der Waals surface area contributed by atoms with E-state index in [1.54, 1.807) is 20.8 Å². The van der Waals surface area contributed by atoms with E-state index >= 15 is 0 Å². The molecule has 1 aromatic rings. The Bertz CT molecular complexity index is 265. The van der Waals surface area contributed by atoms with Gasteiger partial charge in [0, 0.05) is 5.41 Å². The van der Waals surface area contributed by atoms with Crippen LogP contribution in [-0.2, 0) is 11.6 Å². The molecule has 1 heterocycles. The third-order valence-corrected chi connectivity index (χ3v) is 1.69. The fourth-order valence-electron chi connectivity index (χ4n) is 1.07. The molecule has 0 saturated carbocycles. The van der Waals surface area contributed by atoms with Crippen LogP contribution in [0.4, 0.5) is 13.2 Å². The van der Waals surface area contributed by atoms with Gasteiger partial charge in [-0.1, -0.05) is 20.8 Å². The molecule has 74 valence electrons. The number of nitrogens with one attached hydrogen (secondary N) is 1. The van der Waals surface area contributed by atoms with Gasteiger partial charge in [0.15, 0.2) is 0 Å². The van der Waals surface area contributed by atoms with Gasteiger partial charge in [-0.3, -0.25) is 5.10 Å². The first kappa shape index (κ1) is 10.1. The Hall–Kier alpha value is -1.00. The van der Waals surface area contributed by atoms with E-state index in [0.29, 0.717) is 0 Å². The average Bonchev–Trinajstić information content (AvgIpc) is 2.27. The molecule has 0 fully saturated rings. The van der Waals surface area contributed by atoms with E-state index in [2.05, 4.69) is 10.2 Å². The minimum Gasteiger partial charge on any atom is -0.281 e. The molecule has 0 aliphatic heterocycles. The lowest BCUT2D eigenvalue weighted by molar-refractivity contribution is -0.138. The van der Waals surface area contributed by atoms with Crippen LogP contribution in [0.3, 0.4) is 0 Å². The van der Waals surface area contributed by atoms with Crippen molar-refractivity contribution in [3.8, 4) is 0 Å². The fourth-order valence-corrected chi connectivity index (χ4v) is 1.07. The van der Waals surface area contributed by atoms with Crippen LogP contribution >= 0.6 is 0 Å². The van der Waals surface area contributed by atoms with E-state index in [4.69, 9.17) is 0 Å². The second-order valence-corrected chi connectivity index (χ2v) is 3.91. The van der Waals surface area contributed by atoms with Crippen LogP contribution in [0.5, 0.6) is 0 Å². The Balaban J connectivity index is 3.19. The molecule has 0 bridgehead atoms. The summed E-state index contributed by atoms with van der Waals surface area (Å²) >= 11 is 0. The van der Waals surface area contributed by atoms with Crippen LogP contribution < -0.4 is 0 Å². The van der Waals surface area contributed by atoms with Crippen molar-refractivity contribution in [3.63, 3.8) is 0 Å². The first-order valence-corrected chi connectivity index (χ1v) is 3.84. The predicted molar refractivity (Wildman–Crippen MR) is 42.3 cm³/mol. The molecule has 13 heavy (non-hydrogen) atoms. The predicted octanol–water partition coefficient (Wildman–Crippen LogP) is 2.73. The molecule has 0 atom stereocenters. The molecule has 1 N–H and O–H groups in total. The molecule has 0 unspecified atom stereocenters. The molecular formula is C8H11F3N2. The van der Waals surface area contributed by atoms with Crippen molar-refractivity contribution in [2.24, 2.45) is 0 Å². The molecule has 0 aliphatic rings. The highest BCUT2D eigenvalue weighted by atomic mass is 19.4.